The van der Waals surface area contributed by atoms with E-state index in [4.69, 9.17) is 0 Å². The minimum Gasteiger partial charge on any atom is -0.301 e. The maximum atomic E-state index is 10.4. The summed E-state index contributed by atoms with van der Waals surface area (Å²) in [4.78, 5) is 10.0. The number of nitro benzene ring substituents is 1. The smallest absolute Gasteiger partial charge is 0.269 e. The number of hydrogen-bond acceptors (Lipinski definition) is 4. The number of rotatable bonds is 2. The summed E-state index contributed by atoms with van der Waals surface area (Å²) in [6.45, 7) is 1.01. The highest BCUT2D eigenvalue weighted by Crippen LogP contribution is 2.30. The summed E-state index contributed by atoms with van der Waals surface area (Å²) in [5, 5.41) is 14.0. The van der Waals surface area contributed by atoms with Crippen LogP contribution in [-0.4, -0.2) is 17.2 Å². The van der Waals surface area contributed by atoms with Crippen LogP contribution in [0.25, 0.3) is 0 Å². The molecule has 1 N–H and O–H groups in total. The van der Waals surface area contributed by atoms with Gasteiger partial charge in [0.1, 0.15) is 0 Å². The Morgan fingerprint density at radius 1 is 1.43 bits per heavy atom. The molecule has 1 fully saturated rings. The first kappa shape index (κ1) is 9.48. The Morgan fingerprint density at radius 2 is 2.14 bits per heavy atom. The summed E-state index contributed by atoms with van der Waals surface area (Å²) < 4.78 is 0. The van der Waals surface area contributed by atoms with Gasteiger partial charge in [-0.3, -0.25) is 10.1 Å². The zero-order valence-corrected chi connectivity index (χ0v) is 8.29. The summed E-state index contributed by atoms with van der Waals surface area (Å²) in [5.74, 6) is 1.10. The largest absolute Gasteiger partial charge is 0.301 e. The fraction of sp³-hybridized carbons (Fsp3) is 0.333. The highest BCUT2D eigenvalue weighted by molar-refractivity contribution is 7.99. The summed E-state index contributed by atoms with van der Waals surface area (Å²) in [7, 11) is 0. The number of benzene rings is 1. The van der Waals surface area contributed by atoms with Crippen molar-refractivity contribution in [3.05, 3.63) is 39.9 Å². The van der Waals surface area contributed by atoms with Crippen molar-refractivity contribution in [2.75, 3.05) is 12.3 Å². The Balaban J connectivity index is 2.16. The molecule has 1 aromatic rings. The molecular weight excluding hydrogens is 200 g/mol. The van der Waals surface area contributed by atoms with Gasteiger partial charge in [0.25, 0.3) is 5.69 Å². The number of nitrogens with one attached hydrogen (secondary N) is 1. The Morgan fingerprint density at radius 3 is 2.64 bits per heavy atom. The molecule has 0 amide bonds. The van der Waals surface area contributed by atoms with Crippen LogP contribution in [0.1, 0.15) is 10.9 Å². The minimum atomic E-state index is -0.376. The van der Waals surface area contributed by atoms with Crippen molar-refractivity contribution in [1.82, 2.24) is 5.32 Å². The van der Waals surface area contributed by atoms with Gasteiger partial charge in [0.2, 0.25) is 0 Å². The van der Waals surface area contributed by atoms with Crippen LogP contribution in [0, 0.1) is 10.1 Å². The van der Waals surface area contributed by atoms with Crippen molar-refractivity contribution >= 4 is 17.4 Å². The molecule has 0 spiro atoms. The van der Waals surface area contributed by atoms with Gasteiger partial charge >= 0.3 is 0 Å². The third kappa shape index (κ3) is 1.88. The molecule has 1 aromatic carbocycles. The number of thioether (sulfide) groups is 1. The molecule has 0 bridgehead atoms. The van der Waals surface area contributed by atoms with E-state index in [1.54, 1.807) is 12.1 Å². The van der Waals surface area contributed by atoms with E-state index in [0.29, 0.717) is 5.37 Å². The molecule has 1 atom stereocenters. The minimum absolute atomic E-state index is 0.150. The van der Waals surface area contributed by atoms with Gasteiger partial charge in [-0.2, -0.15) is 0 Å². The van der Waals surface area contributed by atoms with E-state index in [1.807, 2.05) is 23.9 Å². The third-order valence-corrected chi connectivity index (χ3v) is 3.33. The zero-order valence-electron chi connectivity index (χ0n) is 7.47. The lowest BCUT2D eigenvalue weighted by molar-refractivity contribution is -0.384. The van der Waals surface area contributed by atoms with E-state index in [-0.39, 0.29) is 10.6 Å². The van der Waals surface area contributed by atoms with E-state index in [0.717, 1.165) is 17.9 Å². The maximum absolute atomic E-state index is 10.4. The molecule has 1 aliphatic heterocycles. The lowest BCUT2D eigenvalue weighted by atomic mass is 10.2. The second-order valence-corrected chi connectivity index (χ2v) is 4.27. The van der Waals surface area contributed by atoms with Gasteiger partial charge in [-0.25, -0.2) is 0 Å². The Hall–Kier alpha value is -1.07. The molecule has 2 rings (SSSR count). The van der Waals surface area contributed by atoms with Crippen molar-refractivity contribution in [3.8, 4) is 0 Å². The molecule has 1 heterocycles. The first-order valence-corrected chi connectivity index (χ1v) is 5.41. The fourth-order valence-electron chi connectivity index (χ4n) is 1.41. The van der Waals surface area contributed by atoms with Gasteiger partial charge in [0.05, 0.1) is 10.3 Å². The lowest BCUT2D eigenvalue weighted by Gasteiger charge is -2.08. The lowest BCUT2D eigenvalue weighted by Crippen LogP contribution is -2.11. The molecule has 0 radical (unpaired) electrons. The van der Waals surface area contributed by atoms with Crippen molar-refractivity contribution in [3.63, 3.8) is 0 Å². The molecular formula is C9H10N2O2S. The van der Waals surface area contributed by atoms with Gasteiger partial charge in [0, 0.05) is 24.4 Å². The normalized spacial score (nSPS) is 21.0. The highest BCUT2D eigenvalue weighted by atomic mass is 32.2. The second kappa shape index (κ2) is 3.98. The molecule has 1 saturated heterocycles. The van der Waals surface area contributed by atoms with Gasteiger partial charge < -0.3 is 5.32 Å². The van der Waals surface area contributed by atoms with E-state index >= 15 is 0 Å². The van der Waals surface area contributed by atoms with Crippen LogP contribution in [0.4, 0.5) is 5.69 Å². The molecule has 0 aromatic heterocycles. The number of non-ortho nitro benzene ring substituents is 1. The quantitative estimate of drug-likeness (QED) is 0.598. The number of nitrogens with zero attached hydrogens (tertiary/aromatic N) is 1. The van der Waals surface area contributed by atoms with Gasteiger partial charge in [0.15, 0.2) is 0 Å². The monoisotopic (exact) mass is 210 g/mol. The first-order chi connectivity index (χ1) is 6.77. The average molecular weight is 210 g/mol. The summed E-state index contributed by atoms with van der Waals surface area (Å²) in [6.07, 6.45) is 0. The maximum Gasteiger partial charge on any atom is 0.269 e. The molecule has 5 heteroatoms. The van der Waals surface area contributed by atoms with E-state index < -0.39 is 0 Å². The van der Waals surface area contributed by atoms with Crippen LogP contribution in [0.15, 0.2) is 24.3 Å². The van der Waals surface area contributed by atoms with Crippen LogP contribution >= 0.6 is 11.8 Å². The summed E-state index contributed by atoms with van der Waals surface area (Å²) >= 11 is 1.83. The number of nitro groups is 1. The van der Waals surface area contributed by atoms with Crippen LogP contribution in [-0.2, 0) is 0 Å². The molecule has 0 saturated carbocycles. The van der Waals surface area contributed by atoms with Crippen molar-refractivity contribution in [1.29, 1.82) is 0 Å². The van der Waals surface area contributed by atoms with Gasteiger partial charge in [-0.05, 0) is 17.7 Å². The first-order valence-electron chi connectivity index (χ1n) is 4.37. The van der Waals surface area contributed by atoms with Crippen LogP contribution in [0.2, 0.25) is 0 Å². The van der Waals surface area contributed by atoms with Gasteiger partial charge in [-0.15, -0.1) is 11.8 Å². The number of hydrogen-bond donors (Lipinski definition) is 1. The van der Waals surface area contributed by atoms with E-state index in [1.165, 1.54) is 0 Å². The second-order valence-electron chi connectivity index (χ2n) is 3.05. The van der Waals surface area contributed by atoms with E-state index in [2.05, 4.69) is 5.32 Å². The molecule has 0 aliphatic carbocycles. The van der Waals surface area contributed by atoms with Crippen molar-refractivity contribution in [2.24, 2.45) is 0 Å². The average Bonchev–Trinajstić information content (AvgIpc) is 2.71. The topological polar surface area (TPSA) is 55.2 Å². The highest BCUT2D eigenvalue weighted by Gasteiger charge is 2.17. The Kier molecular flexibility index (Phi) is 2.69. The molecule has 4 nitrogen and oxygen atoms in total. The predicted octanol–water partition coefficient (Wildman–Crippen LogP) is 1.93. The Labute approximate surface area is 85.8 Å². The van der Waals surface area contributed by atoms with Gasteiger partial charge in [-0.1, -0.05) is 0 Å². The fourth-order valence-corrected chi connectivity index (χ4v) is 2.47. The van der Waals surface area contributed by atoms with Crippen molar-refractivity contribution in [2.45, 2.75) is 5.37 Å². The predicted molar refractivity (Wildman–Crippen MR) is 56.3 cm³/mol. The standard InChI is InChI=1S/C9H10N2O2S/c12-11(13)8-3-1-7(2-4-8)9-10-5-6-14-9/h1-4,9-10H,5-6H2/t9-/m0/s1. The molecule has 14 heavy (non-hydrogen) atoms. The van der Waals surface area contributed by atoms with Crippen LogP contribution in [0.5, 0.6) is 0 Å². The zero-order chi connectivity index (χ0) is 9.97. The molecule has 1 aliphatic rings. The van der Waals surface area contributed by atoms with Crippen LogP contribution < -0.4 is 5.32 Å². The molecule has 74 valence electrons. The van der Waals surface area contributed by atoms with Crippen LogP contribution in [0.3, 0.4) is 0 Å². The summed E-state index contributed by atoms with van der Waals surface area (Å²) in [5.41, 5.74) is 1.26. The summed E-state index contributed by atoms with van der Waals surface area (Å²) in [6, 6.07) is 6.73. The SMILES string of the molecule is O=[N+]([O-])c1ccc([C@H]2NCCS2)cc1. The van der Waals surface area contributed by atoms with E-state index in [9.17, 15) is 10.1 Å². The Bertz CT molecular complexity index is 333. The third-order valence-electron chi connectivity index (χ3n) is 2.12. The van der Waals surface area contributed by atoms with Crippen molar-refractivity contribution < 1.29 is 4.92 Å². The molecule has 0 unspecified atom stereocenters.